The van der Waals surface area contributed by atoms with Gasteiger partial charge in [0.05, 0.1) is 6.42 Å². The lowest BCUT2D eigenvalue weighted by Crippen LogP contribution is -2.21. The van der Waals surface area contributed by atoms with Gasteiger partial charge in [0.15, 0.2) is 5.82 Å². The van der Waals surface area contributed by atoms with E-state index in [1.54, 1.807) is 5.48 Å². The van der Waals surface area contributed by atoms with Gasteiger partial charge in [-0.05, 0) is 12.3 Å². The molecular formula is C17H27N3O5. The zero-order valence-electron chi connectivity index (χ0n) is 14.4. The number of carbonyl (C=O) groups is 2. The van der Waals surface area contributed by atoms with Crippen LogP contribution in [-0.4, -0.2) is 32.3 Å². The topological polar surface area (TPSA) is 126 Å². The van der Waals surface area contributed by atoms with Crippen LogP contribution in [0.15, 0.2) is 4.52 Å². The predicted octanol–water partition coefficient (Wildman–Crippen LogP) is 2.82. The molecule has 1 aliphatic rings. The number of aliphatic carboxylic acids is 1. The van der Waals surface area contributed by atoms with Gasteiger partial charge in [-0.1, -0.05) is 50.1 Å². The van der Waals surface area contributed by atoms with Crippen molar-refractivity contribution in [3.05, 3.63) is 11.7 Å². The molecule has 3 N–H and O–H groups in total. The van der Waals surface area contributed by atoms with Gasteiger partial charge in [0.1, 0.15) is 0 Å². The summed E-state index contributed by atoms with van der Waals surface area (Å²) in [7, 11) is 0. The maximum Gasteiger partial charge on any atom is 0.303 e. The Hall–Kier alpha value is -1.96. The molecule has 25 heavy (non-hydrogen) atoms. The Morgan fingerprint density at radius 1 is 1.28 bits per heavy atom. The third kappa shape index (κ3) is 6.81. The first kappa shape index (κ1) is 19.4. The minimum Gasteiger partial charge on any atom is -0.481 e. The number of nitrogens with one attached hydrogen (secondary N) is 1. The molecule has 1 amide bonds. The van der Waals surface area contributed by atoms with E-state index in [4.69, 9.17) is 14.8 Å². The standard InChI is InChI=1S/C17H27N3O5/c21-15(19-24)11-13(8-4-7-12-5-2-1-3-6-12)17-18-14(20-25-17)9-10-16(22)23/h12-13,24H,1-11H2,(H,19,21)(H,22,23). The molecule has 0 saturated heterocycles. The predicted molar refractivity (Wildman–Crippen MR) is 88.0 cm³/mol. The molecule has 0 bridgehead atoms. The van der Waals surface area contributed by atoms with Crippen LogP contribution in [-0.2, 0) is 16.0 Å². The maximum atomic E-state index is 11.6. The number of aromatic nitrogens is 2. The third-order valence-corrected chi connectivity index (χ3v) is 4.84. The Morgan fingerprint density at radius 2 is 2.04 bits per heavy atom. The van der Waals surface area contributed by atoms with Crippen LogP contribution in [0.25, 0.3) is 0 Å². The van der Waals surface area contributed by atoms with E-state index in [1.165, 1.54) is 32.1 Å². The normalized spacial score (nSPS) is 16.5. The Kier molecular flexibility index (Phi) is 7.84. The number of hydrogen-bond donors (Lipinski definition) is 3. The van der Waals surface area contributed by atoms with Crippen molar-refractivity contribution in [2.45, 2.75) is 76.5 Å². The second-order valence-electron chi connectivity index (χ2n) is 6.81. The number of carboxylic acids is 1. The van der Waals surface area contributed by atoms with Crippen LogP contribution < -0.4 is 5.48 Å². The second-order valence-corrected chi connectivity index (χ2v) is 6.81. The van der Waals surface area contributed by atoms with Gasteiger partial charge >= 0.3 is 5.97 Å². The van der Waals surface area contributed by atoms with Crippen LogP contribution >= 0.6 is 0 Å². The zero-order chi connectivity index (χ0) is 18.1. The Balaban J connectivity index is 1.90. The number of amides is 1. The van der Waals surface area contributed by atoms with Crippen LogP contribution in [0.3, 0.4) is 0 Å². The van der Waals surface area contributed by atoms with Crippen molar-refractivity contribution >= 4 is 11.9 Å². The summed E-state index contributed by atoms with van der Waals surface area (Å²) in [6.07, 6.45) is 9.50. The van der Waals surface area contributed by atoms with E-state index in [-0.39, 0.29) is 25.2 Å². The summed E-state index contributed by atoms with van der Waals surface area (Å²) in [5.41, 5.74) is 1.65. The molecule has 1 unspecified atom stereocenters. The lowest BCUT2D eigenvalue weighted by atomic mass is 9.84. The molecule has 0 aliphatic heterocycles. The smallest absolute Gasteiger partial charge is 0.303 e. The fourth-order valence-electron chi connectivity index (χ4n) is 3.46. The molecular weight excluding hydrogens is 326 g/mol. The molecule has 0 aromatic carbocycles. The molecule has 1 saturated carbocycles. The third-order valence-electron chi connectivity index (χ3n) is 4.84. The van der Waals surface area contributed by atoms with Gasteiger partial charge < -0.3 is 9.63 Å². The number of hydrogen-bond acceptors (Lipinski definition) is 6. The number of nitrogens with zero attached hydrogens (tertiary/aromatic N) is 2. The highest BCUT2D eigenvalue weighted by atomic mass is 16.5. The summed E-state index contributed by atoms with van der Waals surface area (Å²) in [5, 5.41) is 21.3. The molecule has 1 heterocycles. The van der Waals surface area contributed by atoms with Crippen molar-refractivity contribution in [2.24, 2.45) is 5.92 Å². The SMILES string of the molecule is O=C(O)CCc1noc(C(CCCC2CCCCC2)CC(=O)NO)n1. The minimum atomic E-state index is -0.921. The Labute approximate surface area is 147 Å². The summed E-state index contributed by atoms with van der Waals surface area (Å²) >= 11 is 0. The van der Waals surface area contributed by atoms with Gasteiger partial charge in [-0.25, -0.2) is 5.48 Å². The monoisotopic (exact) mass is 353 g/mol. The highest BCUT2D eigenvalue weighted by molar-refractivity contribution is 5.75. The van der Waals surface area contributed by atoms with Crippen molar-refractivity contribution in [1.82, 2.24) is 15.6 Å². The van der Waals surface area contributed by atoms with Gasteiger partial charge in [-0.3, -0.25) is 14.8 Å². The van der Waals surface area contributed by atoms with Crippen LogP contribution in [0, 0.1) is 5.92 Å². The van der Waals surface area contributed by atoms with Gasteiger partial charge in [0, 0.05) is 18.8 Å². The first-order valence-electron chi connectivity index (χ1n) is 9.05. The molecule has 2 rings (SSSR count). The average molecular weight is 353 g/mol. The average Bonchev–Trinajstić information content (AvgIpc) is 3.08. The maximum absolute atomic E-state index is 11.6. The molecule has 8 heteroatoms. The van der Waals surface area contributed by atoms with Crippen LogP contribution in [0.4, 0.5) is 0 Å². The number of hydroxylamine groups is 1. The fraction of sp³-hybridized carbons (Fsp3) is 0.765. The Morgan fingerprint density at radius 3 is 2.72 bits per heavy atom. The van der Waals surface area contributed by atoms with E-state index in [0.717, 1.165) is 25.2 Å². The van der Waals surface area contributed by atoms with E-state index in [0.29, 0.717) is 11.7 Å². The Bertz CT molecular complexity index is 554. The molecule has 1 aliphatic carbocycles. The first-order chi connectivity index (χ1) is 12.1. The lowest BCUT2D eigenvalue weighted by Gasteiger charge is -2.22. The molecule has 140 valence electrons. The number of carboxylic acid groups (broad SMARTS) is 1. The molecule has 8 nitrogen and oxygen atoms in total. The fourth-order valence-corrected chi connectivity index (χ4v) is 3.46. The molecule has 1 atom stereocenters. The van der Waals surface area contributed by atoms with Crippen molar-refractivity contribution in [2.75, 3.05) is 0 Å². The van der Waals surface area contributed by atoms with Gasteiger partial charge in [0.2, 0.25) is 11.8 Å². The van der Waals surface area contributed by atoms with Gasteiger partial charge in [-0.15, -0.1) is 0 Å². The van der Waals surface area contributed by atoms with Gasteiger partial charge in [0.25, 0.3) is 0 Å². The van der Waals surface area contributed by atoms with E-state index in [2.05, 4.69) is 10.1 Å². The highest BCUT2D eigenvalue weighted by Gasteiger charge is 2.23. The van der Waals surface area contributed by atoms with Crippen LogP contribution in [0.1, 0.15) is 81.8 Å². The van der Waals surface area contributed by atoms with Crippen molar-refractivity contribution in [3.8, 4) is 0 Å². The molecule has 0 spiro atoms. The van der Waals surface area contributed by atoms with Crippen LogP contribution in [0.2, 0.25) is 0 Å². The summed E-state index contributed by atoms with van der Waals surface area (Å²) < 4.78 is 5.23. The number of aryl methyl sites for hydroxylation is 1. The number of rotatable bonds is 10. The molecule has 1 aromatic rings. The molecule has 0 radical (unpaired) electrons. The van der Waals surface area contributed by atoms with Crippen molar-refractivity contribution < 1.29 is 24.4 Å². The summed E-state index contributed by atoms with van der Waals surface area (Å²) in [6, 6.07) is 0. The second kappa shape index (κ2) is 10.1. The largest absolute Gasteiger partial charge is 0.481 e. The van der Waals surface area contributed by atoms with Crippen LogP contribution in [0.5, 0.6) is 0 Å². The van der Waals surface area contributed by atoms with E-state index in [1.807, 2.05) is 0 Å². The lowest BCUT2D eigenvalue weighted by molar-refractivity contribution is -0.137. The summed E-state index contributed by atoms with van der Waals surface area (Å²) in [4.78, 5) is 26.4. The van der Waals surface area contributed by atoms with Crippen molar-refractivity contribution in [1.29, 1.82) is 0 Å². The van der Waals surface area contributed by atoms with E-state index >= 15 is 0 Å². The molecule has 1 fully saturated rings. The summed E-state index contributed by atoms with van der Waals surface area (Å²) in [5.74, 6) is -0.244. The summed E-state index contributed by atoms with van der Waals surface area (Å²) in [6.45, 7) is 0. The molecule has 1 aromatic heterocycles. The van der Waals surface area contributed by atoms with E-state index in [9.17, 15) is 9.59 Å². The highest BCUT2D eigenvalue weighted by Crippen LogP contribution is 2.31. The zero-order valence-corrected chi connectivity index (χ0v) is 14.4. The quantitative estimate of drug-likeness (QED) is 0.436. The minimum absolute atomic E-state index is 0.0670. The first-order valence-corrected chi connectivity index (χ1v) is 9.05. The van der Waals surface area contributed by atoms with Crippen molar-refractivity contribution in [3.63, 3.8) is 0 Å². The van der Waals surface area contributed by atoms with E-state index < -0.39 is 11.9 Å². The van der Waals surface area contributed by atoms with Gasteiger partial charge in [-0.2, -0.15) is 4.98 Å². The number of carbonyl (C=O) groups excluding carboxylic acids is 1.